The van der Waals surface area contributed by atoms with Crippen molar-refractivity contribution in [2.45, 2.75) is 69.1 Å². The first-order valence-electron chi connectivity index (χ1n) is 14.3. The highest BCUT2D eigenvalue weighted by Gasteiger charge is 2.52. The Morgan fingerprint density at radius 2 is 1.74 bits per heavy atom. The number of aromatic nitrogens is 1. The number of carbonyl (C=O) groups excluding carboxylic acids is 2. The predicted octanol–water partition coefficient (Wildman–Crippen LogP) is 6.42. The van der Waals surface area contributed by atoms with Crippen LogP contribution in [-0.4, -0.2) is 52.8 Å². The summed E-state index contributed by atoms with van der Waals surface area (Å²) in [6.07, 6.45) is 0.962. The number of hydrogen-bond acceptors (Lipinski definition) is 6. The second-order valence-electron chi connectivity index (χ2n) is 12.1. The third kappa shape index (κ3) is 7.23. The number of hydrogen-bond donors (Lipinski definition) is 1. The van der Waals surface area contributed by atoms with Crippen molar-refractivity contribution in [1.82, 2.24) is 9.88 Å². The average molecular weight is 645 g/mol. The number of carbonyl (C=O) groups is 2. The van der Waals surface area contributed by atoms with Crippen molar-refractivity contribution in [3.8, 4) is 0 Å². The van der Waals surface area contributed by atoms with E-state index in [1.165, 1.54) is 0 Å². The lowest BCUT2D eigenvalue weighted by atomic mass is 9.89. The Kier molecular flexibility index (Phi) is 9.18. The SMILES string of the molecule is CC(C)(C)S(=O)(=O)C[C@H](C1CC1)N1C(=O)[C@H](CC(=O)Nc2ccccn2)O[C@H](c2cccc(Cl)c2)C1c1ccc(Cl)cc1. The number of anilines is 1. The molecule has 8 nitrogen and oxygen atoms in total. The van der Waals surface area contributed by atoms with Gasteiger partial charge < -0.3 is 15.0 Å². The van der Waals surface area contributed by atoms with Gasteiger partial charge in [0.2, 0.25) is 5.91 Å². The van der Waals surface area contributed by atoms with Crippen molar-refractivity contribution in [3.63, 3.8) is 0 Å². The third-order valence-corrected chi connectivity index (χ3v) is 11.1. The van der Waals surface area contributed by atoms with E-state index in [2.05, 4.69) is 10.3 Å². The van der Waals surface area contributed by atoms with E-state index in [0.717, 1.165) is 18.4 Å². The van der Waals surface area contributed by atoms with Gasteiger partial charge in [0.05, 0.1) is 23.0 Å². The van der Waals surface area contributed by atoms with Crippen molar-refractivity contribution in [2.24, 2.45) is 5.92 Å². The maximum absolute atomic E-state index is 14.5. The normalized spacial score (nSPS) is 21.8. The first-order valence-corrected chi connectivity index (χ1v) is 16.7. The molecule has 11 heteroatoms. The van der Waals surface area contributed by atoms with E-state index in [1.807, 2.05) is 18.2 Å². The average Bonchev–Trinajstić information content (AvgIpc) is 3.79. The van der Waals surface area contributed by atoms with Gasteiger partial charge in [0, 0.05) is 22.3 Å². The number of nitrogens with zero attached hydrogens (tertiary/aromatic N) is 2. The zero-order chi connectivity index (χ0) is 30.9. The number of rotatable bonds is 9. The van der Waals surface area contributed by atoms with Crippen LogP contribution in [0.3, 0.4) is 0 Å². The lowest BCUT2D eigenvalue weighted by Crippen LogP contribution is -2.58. The fourth-order valence-corrected chi connectivity index (χ4v) is 7.11. The quantitative estimate of drug-likeness (QED) is 0.288. The van der Waals surface area contributed by atoms with Gasteiger partial charge in [-0.3, -0.25) is 9.59 Å². The zero-order valence-electron chi connectivity index (χ0n) is 24.2. The zero-order valence-corrected chi connectivity index (χ0v) is 26.6. The summed E-state index contributed by atoms with van der Waals surface area (Å²) in [5.74, 6) is -0.735. The molecule has 1 saturated carbocycles. The molecule has 1 aliphatic carbocycles. The van der Waals surface area contributed by atoms with Crippen molar-refractivity contribution in [3.05, 3.63) is 94.1 Å². The molecule has 3 aromatic rings. The fraction of sp³-hybridized carbons (Fsp3) is 0.406. The topological polar surface area (TPSA) is 106 Å². The molecule has 2 amide bonds. The number of amides is 2. The first-order chi connectivity index (χ1) is 20.3. The Morgan fingerprint density at radius 1 is 1.02 bits per heavy atom. The van der Waals surface area contributed by atoms with Crippen molar-refractivity contribution in [1.29, 1.82) is 0 Å². The summed E-state index contributed by atoms with van der Waals surface area (Å²) < 4.78 is 32.7. The number of sulfone groups is 1. The minimum Gasteiger partial charge on any atom is -0.357 e. The number of nitrogens with one attached hydrogen (secondary N) is 1. The van der Waals surface area contributed by atoms with Crippen LogP contribution in [0, 0.1) is 5.92 Å². The van der Waals surface area contributed by atoms with Crippen LogP contribution in [0.1, 0.15) is 63.3 Å². The molecule has 0 radical (unpaired) electrons. The highest BCUT2D eigenvalue weighted by molar-refractivity contribution is 7.92. The largest absolute Gasteiger partial charge is 0.357 e. The van der Waals surface area contributed by atoms with E-state index in [9.17, 15) is 18.0 Å². The number of halogens is 2. The highest BCUT2D eigenvalue weighted by Crippen LogP contribution is 2.48. The molecular weight excluding hydrogens is 609 g/mol. The van der Waals surface area contributed by atoms with Gasteiger partial charge in [-0.2, -0.15) is 0 Å². The van der Waals surface area contributed by atoms with Crippen LogP contribution in [0.15, 0.2) is 72.9 Å². The summed E-state index contributed by atoms with van der Waals surface area (Å²) in [7, 11) is -3.62. The molecule has 5 rings (SSSR count). The second-order valence-corrected chi connectivity index (χ2v) is 15.8. The van der Waals surface area contributed by atoms with Gasteiger partial charge in [0.1, 0.15) is 18.0 Å². The van der Waals surface area contributed by atoms with Crippen LogP contribution in [0.2, 0.25) is 10.0 Å². The monoisotopic (exact) mass is 643 g/mol. The number of ether oxygens (including phenoxy) is 1. The molecule has 1 aromatic heterocycles. The van der Waals surface area contributed by atoms with Crippen LogP contribution in [0.25, 0.3) is 0 Å². The lowest BCUT2D eigenvalue weighted by Gasteiger charge is -2.48. The summed E-state index contributed by atoms with van der Waals surface area (Å²) in [4.78, 5) is 33.5. The van der Waals surface area contributed by atoms with Gasteiger partial charge in [-0.15, -0.1) is 0 Å². The second kappa shape index (κ2) is 12.6. The van der Waals surface area contributed by atoms with Gasteiger partial charge in [-0.1, -0.05) is 53.5 Å². The maximum Gasteiger partial charge on any atom is 0.253 e. The molecule has 1 unspecified atom stereocenters. The predicted molar refractivity (Wildman–Crippen MR) is 168 cm³/mol. The summed E-state index contributed by atoms with van der Waals surface area (Å²) in [5.41, 5.74) is 1.44. The van der Waals surface area contributed by atoms with Gasteiger partial charge in [0.25, 0.3) is 5.91 Å². The minimum absolute atomic E-state index is 0.00279. The summed E-state index contributed by atoms with van der Waals surface area (Å²) in [6.45, 7) is 5.01. The van der Waals surface area contributed by atoms with Gasteiger partial charge in [-0.05, 0) is 87.1 Å². The maximum atomic E-state index is 14.5. The third-order valence-electron chi connectivity index (χ3n) is 7.97. The van der Waals surface area contributed by atoms with E-state index < -0.39 is 50.7 Å². The van der Waals surface area contributed by atoms with Crippen LogP contribution in [0.4, 0.5) is 5.82 Å². The molecule has 1 N–H and O–H groups in total. The van der Waals surface area contributed by atoms with Gasteiger partial charge >= 0.3 is 0 Å². The van der Waals surface area contributed by atoms with Crippen LogP contribution in [0.5, 0.6) is 0 Å². The lowest BCUT2D eigenvalue weighted by molar-refractivity contribution is -0.180. The summed E-state index contributed by atoms with van der Waals surface area (Å²) >= 11 is 12.6. The smallest absolute Gasteiger partial charge is 0.253 e. The Balaban J connectivity index is 1.60. The van der Waals surface area contributed by atoms with Crippen molar-refractivity contribution >= 4 is 50.7 Å². The van der Waals surface area contributed by atoms with E-state index in [1.54, 1.807) is 80.4 Å². The van der Waals surface area contributed by atoms with Gasteiger partial charge in [-0.25, -0.2) is 13.4 Å². The van der Waals surface area contributed by atoms with Crippen molar-refractivity contribution in [2.75, 3.05) is 11.1 Å². The molecule has 2 fully saturated rings. The van der Waals surface area contributed by atoms with Crippen molar-refractivity contribution < 1.29 is 22.7 Å². The Hall–Kier alpha value is -2.98. The molecule has 2 heterocycles. The molecule has 4 atom stereocenters. The fourth-order valence-electron chi connectivity index (χ4n) is 5.40. The summed E-state index contributed by atoms with van der Waals surface area (Å²) in [5, 5.41) is 3.74. The molecule has 2 aliphatic rings. The molecule has 1 aliphatic heterocycles. The molecule has 1 saturated heterocycles. The molecular formula is C32H35Cl2N3O5S. The Morgan fingerprint density at radius 3 is 2.35 bits per heavy atom. The molecule has 43 heavy (non-hydrogen) atoms. The van der Waals surface area contributed by atoms with E-state index in [0.29, 0.717) is 21.4 Å². The van der Waals surface area contributed by atoms with Crippen LogP contribution >= 0.6 is 23.2 Å². The Bertz CT molecular complexity index is 1570. The van der Waals surface area contributed by atoms with Crippen LogP contribution < -0.4 is 5.32 Å². The van der Waals surface area contributed by atoms with E-state index >= 15 is 0 Å². The minimum atomic E-state index is -3.62. The molecule has 0 spiro atoms. The molecule has 228 valence electrons. The number of morpholine rings is 1. The first kappa shape index (κ1) is 31.4. The van der Waals surface area contributed by atoms with E-state index in [-0.39, 0.29) is 18.1 Å². The highest BCUT2D eigenvalue weighted by atomic mass is 35.5. The number of benzene rings is 2. The van der Waals surface area contributed by atoms with E-state index in [4.69, 9.17) is 27.9 Å². The van der Waals surface area contributed by atoms with Crippen LogP contribution in [-0.2, 0) is 24.2 Å². The summed E-state index contributed by atoms with van der Waals surface area (Å²) in [6, 6.07) is 18.1. The van der Waals surface area contributed by atoms with Gasteiger partial charge in [0.15, 0.2) is 9.84 Å². The molecule has 0 bridgehead atoms. The standard InChI is InChI=1S/C32H35Cl2N3O5S/c1-32(2,3)43(40,41)19-25(20-10-11-20)37-29(21-12-14-23(33)15-13-21)30(22-7-6-8-24(34)17-22)42-26(31(37)39)18-28(38)36-27-9-4-5-16-35-27/h4-9,12-17,20,25-26,29-30H,10-11,18-19H2,1-3H3,(H,35,36,38)/t25-,26+,29?,30-/m1/s1. The Labute approximate surface area is 262 Å². The molecule has 2 aromatic carbocycles. The number of pyridine rings is 1.